The van der Waals surface area contributed by atoms with Crippen molar-refractivity contribution in [2.45, 2.75) is 32.4 Å². The zero-order chi connectivity index (χ0) is 17.8. The molecule has 130 valence electrons. The number of urea groups is 1. The number of carbonyl (C=O) groups is 2. The number of amides is 2. The van der Waals surface area contributed by atoms with Crippen LogP contribution in [0.2, 0.25) is 0 Å². The van der Waals surface area contributed by atoms with E-state index in [0.717, 1.165) is 24.9 Å². The minimum Gasteiger partial charge on any atom is -0.478 e. The van der Waals surface area contributed by atoms with Crippen LogP contribution in [0.4, 0.5) is 4.79 Å². The van der Waals surface area contributed by atoms with Crippen LogP contribution in [0, 0.1) is 6.92 Å². The van der Waals surface area contributed by atoms with Crippen molar-refractivity contribution in [2.75, 3.05) is 6.54 Å². The first-order chi connectivity index (χ1) is 12.0. The van der Waals surface area contributed by atoms with Crippen molar-refractivity contribution in [3.63, 3.8) is 0 Å². The van der Waals surface area contributed by atoms with Crippen molar-refractivity contribution in [1.29, 1.82) is 0 Å². The van der Waals surface area contributed by atoms with Gasteiger partial charge in [-0.25, -0.2) is 9.59 Å². The van der Waals surface area contributed by atoms with Crippen LogP contribution in [-0.4, -0.2) is 28.6 Å². The lowest BCUT2D eigenvalue weighted by Gasteiger charge is -2.25. The Labute approximate surface area is 147 Å². The Kier molecular flexibility index (Phi) is 5.03. The highest BCUT2D eigenvalue weighted by Gasteiger charge is 2.29. The molecule has 0 aliphatic carbocycles. The molecule has 2 aromatic rings. The molecule has 3 rings (SSSR count). The summed E-state index contributed by atoms with van der Waals surface area (Å²) in [6.45, 7) is 3.19. The van der Waals surface area contributed by atoms with Crippen molar-refractivity contribution < 1.29 is 14.7 Å². The molecule has 5 heteroatoms. The lowest BCUT2D eigenvalue weighted by Crippen LogP contribution is -2.39. The van der Waals surface area contributed by atoms with Crippen molar-refractivity contribution in [1.82, 2.24) is 10.2 Å². The normalized spacial score (nSPS) is 16.7. The van der Waals surface area contributed by atoms with Gasteiger partial charge >= 0.3 is 12.0 Å². The molecule has 2 amide bonds. The van der Waals surface area contributed by atoms with Gasteiger partial charge in [0.05, 0.1) is 11.6 Å². The van der Waals surface area contributed by atoms with E-state index in [-0.39, 0.29) is 17.6 Å². The number of likely N-dealkylation sites (tertiary alicyclic amines) is 1. The Balaban J connectivity index is 1.62. The number of hydrogen-bond donors (Lipinski definition) is 2. The van der Waals surface area contributed by atoms with Crippen molar-refractivity contribution in [2.24, 2.45) is 0 Å². The number of rotatable bonds is 4. The second kappa shape index (κ2) is 7.38. The topological polar surface area (TPSA) is 69.6 Å². The fraction of sp³-hybridized carbons (Fsp3) is 0.300. The van der Waals surface area contributed by atoms with E-state index >= 15 is 0 Å². The highest BCUT2D eigenvalue weighted by Crippen LogP contribution is 2.31. The van der Waals surface area contributed by atoms with Crippen LogP contribution < -0.4 is 5.32 Å². The third-order valence-corrected chi connectivity index (χ3v) is 4.62. The van der Waals surface area contributed by atoms with Crippen LogP contribution in [0.1, 0.15) is 45.9 Å². The summed E-state index contributed by atoms with van der Waals surface area (Å²) in [7, 11) is 0. The quantitative estimate of drug-likeness (QED) is 0.892. The molecule has 1 atom stereocenters. The number of benzene rings is 2. The molecule has 5 nitrogen and oxygen atoms in total. The smallest absolute Gasteiger partial charge is 0.335 e. The fourth-order valence-electron chi connectivity index (χ4n) is 3.19. The average Bonchev–Trinajstić information content (AvgIpc) is 3.10. The van der Waals surface area contributed by atoms with Gasteiger partial charge in [0, 0.05) is 13.1 Å². The predicted molar refractivity (Wildman–Crippen MR) is 95.5 cm³/mol. The average molecular weight is 338 g/mol. The lowest BCUT2D eigenvalue weighted by atomic mass is 10.0. The number of aryl methyl sites for hydroxylation is 1. The number of carboxylic acid groups (broad SMARTS) is 1. The second-order valence-electron chi connectivity index (χ2n) is 6.42. The summed E-state index contributed by atoms with van der Waals surface area (Å²) < 4.78 is 0. The maximum Gasteiger partial charge on any atom is 0.335 e. The lowest BCUT2D eigenvalue weighted by molar-refractivity contribution is 0.0697. The molecular formula is C20H22N2O3. The Hall–Kier alpha value is -2.82. The molecule has 2 N–H and O–H groups in total. The zero-order valence-corrected chi connectivity index (χ0v) is 14.2. The Morgan fingerprint density at radius 2 is 1.80 bits per heavy atom. The molecule has 1 unspecified atom stereocenters. The molecule has 1 heterocycles. The maximum atomic E-state index is 12.6. The number of carbonyl (C=O) groups excluding carboxylic acids is 1. The van der Waals surface area contributed by atoms with Gasteiger partial charge in [-0.15, -0.1) is 0 Å². The minimum atomic E-state index is -0.950. The van der Waals surface area contributed by atoms with E-state index in [4.69, 9.17) is 5.11 Å². The van der Waals surface area contributed by atoms with Crippen LogP contribution in [0.3, 0.4) is 0 Å². The van der Waals surface area contributed by atoms with Gasteiger partial charge in [-0.1, -0.05) is 42.0 Å². The van der Waals surface area contributed by atoms with E-state index in [1.54, 1.807) is 24.3 Å². The minimum absolute atomic E-state index is 0.0783. The van der Waals surface area contributed by atoms with E-state index in [1.807, 2.05) is 4.90 Å². The summed E-state index contributed by atoms with van der Waals surface area (Å²) >= 11 is 0. The number of carboxylic acids is 1. The summed E-state index contributed by atoms with van der Waals surface area (Å²) in [5, 5.41) is 11.9. The number of hydrogen-bond acceptors (Lipinski definition) is 2. The van der Waals surface area contributed by atoms with E-state index in [1.165, 1.54) is 11.1 Å². The number of nitrogens with one attached hydrogen (secondary N) is 1. The molecule has 1 aliphatic heterocycles. The molecule has 0 radical (unpaired) electrons. The van der Waals surface area contributed by atoms with Gasteiger partial charge in [0.25, 0.3) is 0 Å². The summed E-state index contributed by atoms with van der Waals surface area (Å²) in [5.74, 6) is -0.950. The van der Waals surface area contributed by atoms with Crippen molar-refractivity contribution in [3.05, 3.63) is 70.8 Å². The number of aromatic carboxylic acids is 1. The highest BCUT2D eigenvalue weighted by atomic mass is 16.4. The van der Waals surface area contributed by atoms with E-state index in [9.17, 15) is 9.59 Å². The molecule has 25 heavy (non-hydrogen) atoms. The van der Waals surface area contributed by atoms with Gasteiger partial charge in [-0.3, -0.25) is 0 Å². The maximum absolute atomic E-state index is 12.6. The van der Waals surface area contributed by atoms with E-state index in [2.05, 4.69) is 36.5 Å². The van der Waals surface area contributed by atoms with E-state index in [0.29, 0.717) is 6.54 Å². The second-order valence-corrected chi connectivity index (χ2v) is 6.42. The van der Waals surface area contributed by atoms with Crippen LogP contribution in [-0.2, 0) is 6.54 Å². The zero-order valence-electron chi connectivity index (χ0n) is 14.2. The van der Waals surface area contributed by atoms with Gasteiger partial charge in [0.2, 0.25) is 0 Å². The fourth-order valence-corrected chi connectivity index (χ4v) is 3.19. The third kappa shape index (κ3) is 3.99. The first-order valence-corrected chi connectivity index (χ1v) is 8.48. The standard InChI is InChI=1S/C20H22N2O3/c1-14-4-8-16(9-5-14)18-3-2-12-22(18)20(25)21-13-15-6-10-17(11-7-15)19(23)24/h4-11,18H,2-3,12-13H2,1H3,(H,21,25)(H,23,24). The van der Waals surface area contributed by atoms with Crippen LogP contribution in [0.25, 0.3) is 0 Å². The molecule has 0 saturated carbocycles. The largest absolute Gasteiger partial charge is 0.478 e. The molecule has 2 aromatic carbocycles. The summed E-state index contributed by atoms with van der Waals surface area (Å²) in [6, 6.07) is 14.9. The van der Waals surface area contributed by atoms with Gasteiger partial charge in [-0.2, -0.15) is 0 Å². The Morgan fingerprint density at radius 3 is 2.44 bits per heavy atom. The predicted octanol–water partition coefficient (Wildman–Crippen LogP) is 3.74. The highest BCUT2D eigenvalue weighted by molar-refractivity contribution is 5.87. The van der Waals surface area contributed by atoms with Gasteiger partial charge in [-0.05, 0) is 43.0 Å². The first-order valence-electron chi connectivity index (χ1n) is 8.48. The van der Waals surface area contributed by atoms with Crippen LogP contribution >= 0.6 is 0 Å². The molecule has 1 fully saturated rings. The van der Waals surface area contributed by atoms with Gasteiger partial charge in [0.1, 0.15) is 0 Å². The molecule has 0 spiro atoms. The molecule has 0 bridgehead atoms. The van der Waals surface area contributed by atoms with Crippen LogP contribution in [0.5, 0.6) is 0 Å². The summed E-state index contributed by atoms with van der Waals surface area (Å²) in [5.41, 5.74) is 3.50. The molecule has 1 aliphatic rings. The molecular weight excluding hydrogens is 316 g/mol. The molecule has 0 aromatic heterocycles. The summed E-state index contributed by atoms with van der Waals surface area (Å²) in [6.07, 6.45) is 1.98. The van der Waals surface area contributed by atoms with Gasteiger partial charge in [0.15, 0.2) is 0 Å². The van der Waals surface area contributed by atoms with Gasteiger partial charge < -0.3 is 15.3 Å². The first kappa shape index (κ1) is 17.0. The number of nitrogens with zero attached hydrogens (tertiary/aromatic N) is 1. The summed E-state index contributed by atoms with van der Waals surface area (Å²) in [4.78, 5) is 25.3. The van der Waals surface area contributed by atoms with Crippen molar-refractivity contribution in [3.8, 4) is 0 Å². The Morgan fingerprint density at radius 1 is 1.12 bits per heavy atom. The SMILES string of the molecule is Cc1ccc(C2CCCN2C(=O)NCc2ccc(C(=O)O)cc2)cc1. The van der Waals surface area contributed by atoms with E-state index < -0.39 is 5.97 Å². The van der Waals surface area contributed by atoms with Crippen LogP contribution in [0.15, 0.2) is 48.5 Å². The Bertz CT molecular complexity index is 754. The monoisotopic (exact) mass is 338 g/mol. The third-order valence-electron chi connectivity index (χ3n) is 4.62. The molecule has 1 saturated heterocycles. The van der Waals surface area contributed by atoms with Crippen molar-refractivity contribution >= 4 is 12.0 Å².